The average molecular weight is 355 g/mol. The lowest BCUT2D eigenvalue weighted by molar-refractivity contribution is -0.0584. The molecule has 3 nitrogen and oxygen atoms in total. The molecule has 0 saturated heterocycles. The van der Waals surface area contributed by atoms with Crippen molar-refractivity contribution in [2.24, 2.45) is 4.99 Å². The molecule has 1 rings (SSSR count). The van der Waals surface area contributed by atoms with Gasteiger partial charge in [-0.15, -0.1) is 0 Å². The SMILES string of the molecule is C=C(CO[Si](C)(C)C(C)(C)C)N1C=CC(C(F)(F)F)=NC1Cl. The van der Waals surface area contributed by atoms with E-state index in [-0.39, 0.29) is 11.6 Å². The van der Waals surface area contributed by atoms with Crippen LogP contribution in [-0.4, -0.2) is 37.3 Å². The van der Waals surface area contributed by atoms with Crippen LogP contribution in [0, 0.1) is 0 Å². The molecule has 0 bridgehead atoms. The first-order valence-corrected chi connectivity index (χ1v) is 10.2. The lowest BCUT2D eigenvalue weighted by Crippen LogP contribution is -2.42. The molecular formula is C14H22ClF3N2OSi. The molecule has 1 heterocycles. The summed E-state index contributed by atoms with van der Waals surface area (Å²) in [5, 5.41) is 0.0347. The van der Waals surface area contributed by atoms with Crippen molar-refractivity contribution in [2.45, 2.75) is 50.7 Å². The smallest absolute Gasteiger partial charge is 0.411 e. The number of hydrogen-bond acceptors (Lipinski definition) is 3. The summed E-state index contributed by atoms with van der Waals surface area (Å²) in [6, 6.07) is 0. The Morgan fingerprint density at radius 1 is 1.41 bits per heavy atom. The van der Waals surface area contributed by atoms with Gasteiger partial charge < -0.3 is 9.33 Å². The molecule has 22 heavy (non-hydrogen) atoms. The topological polar surface area (TPSA) is 24.8 Å². The molecule has 1 aliphatic rings. The first kappa shape index (κ1) is 19.3. The van der Waals surface area contributed by atoms with E-state index in [1.54, 1.807) is 0 Å². The van der Waals surface area contributed by atoms with E-state index in [0.29, 0.717) is 5.70 Å². The summed E-state index contributed by atoms with van der Waals surface area (Å²) in [6.45, 7) is 14.5. The number of hydrogen-bond donors (Lipinski definition) is 0. The van der Waals surface area contributed by atoms with Crippen LogP contribution in [0.1, 0.15) is 20.8 Å². The van der Waals surface area contributed by atoms with Crippen LogP contribution < -0.4 is 0 Å². The number of aliphatic imine (C=N–C) groups is 1. The van der Waals surface area contributed by atoms with E-state index in [1.165, 1.54) is 11.1 Å². The van der Waals surface area contributed by atoms with Gasteiger partial charge in [0.15, 0.2) is 8.32 Å². The van der Waals surface area contributed by atoms with Crippen molar-refractivity contribution in [2.75, 3.05) is 6.61 Å². The molecule has 0 saturated carbocycles. The van der Waals surface area contributed by atoms with Crippen LogP contribution in [0.25, 0.3) is 0 Å². The Morgan fingerprint density at radius 3 is 2.36 bits per heavy atom. The maximum absolute atomic E-state index is 12.6. The molecular weight excluding hydrogens is 333 g/mol. The van der Waals surface area contributed by atoms with Gasteiger partial charge in [0.05, 0.1) is 6.61 Å². The van der Waals surface area contributed by atoms with Gasteiger partial charge in [0.2, 0.25) is 5.62 Å². The van der Waals surface area contributed by atoms with Crippen molar-refractivity contribution in [3.8, 4) is 0 Å². The molecule has 0 aromatic carbocycles. The highest BCUT2D eigenvalue weighted by Crippen LogP contribution is 2.37. The first-order valence-electron chi connectivity index (χ1n) is 6.83. The second kappa shape index (κ2) is 6.37. The van der Waals surface area contributed by atoms with Gasteiger partial charge >= 0.3 is 6.18 Å². The normalized spacial score (nSPS) is 20.1. The lowest BCUT2D eigenvalue weighted by Gasteiger charge is -2.37. The number of rotatable bonds is 4. The number of halogens is 4. The summed E-state index contributed by atoms with van der Waals surface area (Å²) in [5.41, 5.74) is -1.69. The Balaban J connectivity index is 2.70. The van der Waals surface area contributed by atoms with Crippen LogP contribution in [0.2, 0.25) is 18.1 Å². The fraction of sp³-hybridized carbons (Fsp3) is 0.643. The molecule has 0 aliphatic carbocycles. The third-order valence-corrected chi connectivity index (χ3v) is 8.72. The zero-order chi connectivity index (χ0) is 17.3. The maximum atomic E-state index is 12.6. The molecule has 0 radical (unpaired) electrons. The average Bonchev–Trinajstić information content (AvgIpc) is 2.33. The van der Waals surface area contributed by atoms with Crippen LogP contribution in [0.5, 0.6) is 0 Å². The largest absolute Gasteiger partial charge is 0.433 e. The third-order valence-electron chi connectivity index (χ3n) is 3.93. The summed E-state index contributed by atoms with van der Waals surface area (Å²) in [6.07, 6.45) is -2.38. The summed E-state index contributed by atoms with van der Waals surface area (Å²) in [7, 11) is -1.97. The number of allylic oxidation sites excluding steroid dienone is 1. The van der Waals surface area contributed by atoms with Crippen LogP contribution in [-0.2, 0) is 4.43 Å². The van der Waals surface area contributed by atoms with E-state index >= 15 is 0 Å². The minimum absolute atomic E-state index is 0.0347. The predicted octanol–water partition coefficient (Wildman–Crippen LogP) is 4.88. The van der Waals surface area contributed by atoms with Gasteiger partial charge in [0.25, 0.3) is 0 Å². The minimum Gasteiger partial charge on any atom is -0.411 e. The van der Waals surface area contributed by atoms with Gasteiger partial charge in [0.1, 0.15) is 5.71 Å². The molecule has 0 aromatic rings. The zero-order valence-corrected chi connectivity index (χ0v) is 15.2. The second-order valence-electron chi connectivity index (χ2n) is 6.66. The van der Waals surface area contributed by atoms with Crippen LogP contribution >= 0.6 is 11.6 Å². The molecule has 1 unspecified atom stereocenters. The van der Waals surface area contributed by atoms with Crippen molar-refractivity contribution in [3.63, 3.8) is 0 Å². The Labute approximate surface area is 135 Å². The van der Waals surface area contributed by atoms with E-state index in [9.17, 15) is 13.2 Å². The molecule has 126 valence electrons. The van der Waals surface area contributed by atoms with E-state index < -0.39 is 25.8 Å². The monoisotopic (exact) mass is 354 g/mol. The van der Waals surface area contributed by atoms with Crippen molar-refractivity contribution >= 4 is 25.6 Å². The van der Waals surface area contributed by atoms with Gasteiger partial charge in [-0.1, -0.05) is 39.0 Å². The first-order chi connectivity index (χ1) is 9.75. The second-order valence-corrected chi connectivity index (χ2v) is 11.9. The van der Waals surface area contributed by atoms with Crippen LogP contribution in [0.3, 0.4) is 0 Å². The highest BCUT2D eigenvalue weighted by atomic mass is 35.5. The molecule has 0 N–H and O–H groups in total. The molecule has 0 spiro atoms. The van der Waals surface area contributed by atoms with E-state index in [0.717, 1.165) is 6.08 Å². The molecule has 0 amide bonds. The Hall–Kier alpha value is -0.793. The lowest BCUT2D eigenvalue weighted by atomic mass is 10.2. The van der Waals surface area contributed by atoms with Gasteiger partial charge in [-0.3, -0.25) is 0 Å². The van der Waals surface area contributed by atoms with E-state index in [2.05, 4.69) is 45.4 Å². The van der Waals surface area contributed by atoms with Crippen LogP contribution in [0.4, 0.5) is 13.2 Å². The highest BCUT2D eigenvalue weighted by molar-refractivity contribution is 6.74. The van der Waals surface area contributed by atoms with Gasteiger partial charge in [0, 0.05) is 11.9 Å². The molecule has 8 heteroatoms. The van der Waals surface area contributed by atoms with Crippen molar-refractivity contribution in [1.82, 2.24) is 4.90 Å². The van der Waals surface area contributed by atoms with Gasteiger partial charge in [-0.05, 0) is 24.2 Å². The maximum Gasteiger partial charge on any atom is 0.433 e. The number of alkyl halides is 4. The third kappa shape index (κ3) is 4.60. The summed E-state index contributed by atoms with van der Waals surface area (Å²) in [5.74, 6) is 0. The molecule has 0 fully saturated rings. The highest BCUT2D eigenvalue weighted by Gasteiger charge is 2.39. The van der Waals surface area contributed by atoms with E-state index in [1.807, 2.05) is 0 Å². The number of nitrogens with zero attached hydrogens (tertiary/aromatic N) is 2. The minimum atomic E-state index is -4.51. The van der Waals surface area contributed by atoms with Crippen molar-refractivity contribution in [1.29, 1.82) is 0 Å². The fourth-order valence-electron chi connectivity index (χ4n) is 1.42. The summed E-state index contributed by atoms with van der Waals surface area (Å²) >= 11 is 5.90. The standard InChI is InChI=1S/C14H22ClF3N2OSi/c1-10(9-21-22(5,6)13(2,3)4)20-8-7-11(14(16,17)18)19-12(20)15/h7-8,12H,1,9H2,2-6H3. The molecule has 1 atom stereocenters. The Kier molecular flexibility index (Phi) is 5.58. The van der Waals surface area contributed by atoms with Gasteiger partial charge in [-0.2, -0.15) is 13.2 Å². The van der Waals surface area contributed by atoms with E-state index in [4.69, 9.17) is 16.0 Å². The van der Waals surface area contributed by atoms with Crippen molar-refractivity contribution in [3.05, 3.63) is 24.6 Å². The van der Waals surface area contributed by atoms with Crippen LogP contribution in [0.15, 0.2) is 29.5 Å². The van der Waals surface area contributed by atoms with Crippen molar-refractivity contribution < 1.29 is 17.6 Å². The van der Waals surface area contributed by atoms with Gasteiger partial charge in [-0.25, -0.2) is 4.99 Å². The molecule has 0 aromatic heterocycles. The Morgan fingerprint density at radius 2 is 1.95 bits per heavy atom. The predicted molar refractivity (Wildman–Crippen MR) is 86.4 cm³/mol. The summed E-state index contributed by atoms with van der Waals surface area (Å²) in [4.78, 5) is 4.82. The Bertz CT molecular complexity index is 495. The summed E-state index contributed by atoms with van der Waals surface area (Å²) < 4.78 is 43.7. The molecule has 1 aliphatic heterocycles. The zero-order valence-electron chi connectivity index (χ0n) is 13.5. The quantitative estimate of drug-likeness (QED) is 0.408. The fourth-order valence-corrected chi connectivity index (χ4v) is 2.69.